The molecule has 0 aliphatic carbocycles. The Hall–Kier alpha value is -1.73. The van der Waals surface area contributed by atoms with Crippen molar-refractivity contribution in [2.75, 3.05) is 51.8 Å². The zero-order chi connectivity index (χ0) is 14.5. The minimum Gasteiger partial charge on any atom is -0.476 e. The number of rotatable bonds is 4. The summed E-state index contributed by atoms with van der Waals surface area (Å²) in [6.45, 7) is 3.89. The molecule has 20 heavy (non-hydrogen) atoms. The molecule has 1 aliphatic rings. The van der Waals surface area contributed by atoms with Gasteiger partial charge in [-0.3, -0.25) is 0 Å². The molecule has 7 nitrogen and oxygen atoms in total. The molecule has 0 bridgehead atoms. The van der Waals surface area contributed by atoms with Gasteiger partial charge in [-0.05, 0) is 26.2 Å². The van der Waals surface area contributed by atoms with Gasteiger partial charge in [-0.25, -0.2) is 4.79 Å². The van der Waals surface area contributed by atoms with Gasteiger partial charge in [-0.15, -0.1) is 10.2 Å². The van der Waals surface area contributed by atoms with Crippen molar-refractivity contribution < 1.29 is 14.6 Å². The quantitative estimate of drug-likeness (QED) is 0.843. The van der Waals surface area contributed by atoms with Crippen LogP contribution in [0.5, 0.6) is 0 Å². The number of hydrogen-bond acceptors (Lipinski definition) is 6. The number of carboxylic acids is 1. The van der Waals surface area contributed by atoms with E-state index in [-0.39, 0.29) is 5.69 Å². The van der Waals surface area contributed by atoms with Gasteiger partial charge in [0.15, 0.2) is 11.5 Å². The highest BCUT2D eigenvalue weighted by molar-refractivity contribution is 5.85. The van der Waals surface area contributed by atoms with Crippen molar-refractivity contribution >= 4 is 11.8 Å². The third-order valence-electron chi connectivity index (χ3n) is 3.15. The SMILES string of the molecule is CN(C)CC1COCCN(c2ccc(C(=O)O)nn2)C1. The number of carboxylic acid groups (broad SMARTS) is 1. The number of hydrogen-bond donors (Lipinski definition) is 1. The molecule has 1 atom stereocenters. The Morgan fingerprint density at radius 3 is 2.90 bits per heavy atom. The fourth-order valence-corrected chi connectivity index (χ4v) is 2.32. The molecule has 1 aromatic heterocycles. The van der Waals surface area contributed by atoms with Crippen molar-refractivity contribution in [2.45, 2.75) is 0 Å². The second kappa shape index (κ2) is 6.62. The smallest absolute Gasteiger partial charge is 0.356 e. The van der Waals surface area contributed by atoms with E-state index < -0.39 is 5.97 Å². The van der Waals surface area contributed by atoms with Crippen LogP contribution < -0.4 is 4.90 Å². The van der Waals surface area contributed by atoms with E-state index in [1.54, 1.807) is 6.07 Å². The second-order valence-electron chi connectivity index (χ2n) is 5.23. The summed E-state index contributed by atoms with van der Waals surface area (Å²) in [6.07, 6.45) is 0. The zero-order valence-corrected chi connectivity index (χ0v) is 11.8. The third-order valence-corrected chi connectivity index (χ3v) is 3.15. The van der Waals surface area contributed by atoms with Crippen molar-refractivity contribution in [2.24, 2.45) is 5.92 Å². The second-order valence-corrected chi connectivity index (χ2v) is 5.23. The van der Waals surface area contributed by atoms with Gasteiger partial charge in [0.05, 0.1) is 13.2 Å². The number of nitrogens with zero attached hydrogens (tertiary/aromatic N) is 4. The molecule has 7 heteroatoms. The summed E-state index contributed by atoms with van der Waals surface area (Å²) in [6, 6.07) is 3.19. The normalized spacial score (nSPS) is 19.9. The average Bonchev–Trinajstić information content (AvgIpc) is 2.63. The Labute approximate surface area is 118 Å². The predicted octanol–water partition coefficient (Wildman–Crippen LogP) is 0.189. The summed E-state index contributed by atoms with van der Waals surface area (Å²) >= 11 is 0. The van der Waals surface area contributed by atoms with E-state index in [1.165, 1.54) is 6.07 Å². The minimum absolute atomic E-state index is 0.0373. The molecule has 0 aromatic carbocycles. The number of aromatic carboxylic acids is 1. The molecule has 1 aromatic rings. The molecule has 1 unspecified atom stereocenters. The van der Waals surface area contributed by atoms with Crippen molar-refractivity contribution in [1.29, 1.82) is 0 Å². The Morgan fingerprint density at radius 2 is 2.30 bits per heavy atom. The molecule has 2 heterocycles. The van der Waals surface area contributed by atoms with Crippen LogP contribution >= 0.6 is 0 Å². The first-order chi connectivity index (χ1) is 9.56. The van der Waals surface area contributed by atoms with Gasteiger partial charge in [0.25, 0.3) is 0 Å². The average molecular weight is 280 g/mol. The fraction of sp³-hybridized carbons (Fsp3) is 0.615. The molecule has 1 N–H and O–H groups in total. The van der Waals surface area contributed by atoms with E-state index in [4.69, 9.17) is 9.84 Å². The first-order valence-electron chi connectivity index (χ1n) is 6.60. The highest BCUT2D eigenvalue weighted by atomic mass is 16.5. The van der Waals surface area contributed by atoms with Crippen molar-refractivity contribution in [3.05, 3.63) is 17.8 Å². The summed E-state index contributed by atoms with van der Waals surface area (Å²) in [4.78, 5) is 15.0. The lowest BCUT2D eigenvalue weighted by molar-refractivity contribution is 0.0689. The Balaban J connectivity index is 2.07. The largest absolute Gasteiger partial charge is 0.476 e. The molecule has 0 saturated carbocycles. The lowest BCUT2D eigenvalue weighted by Crippen LogP contribution is -2.35. The molecule has 0 amide bonds. The highest BCUT2D eigenvalue weighted by Crippen LogP contribution is 2.15. The summed E-state index contributed by atoms with van der Waals surface area (Å²) < 4.78 is 5.61. The van der Waals surface area contributed by atoms with Crippen LogP contribution in [0.15, 0.2) is 12.1 Å². The predicted molar refractivity (Wildman–Crippen MR) is 74.1 cm³/mol. The van der Waals surface area contributed by atoms with Crippen LogP contribution in [0.25, 0.3) is 0 Å². The topological polar surface area (TPSA) is 78.8 Å². The lowest BCUT2D eigenvalue weighted by atomic mass is 10.1. The standard InChI is InChI=1S/C13H20N4O3/c1-16(2)7-10-8-17(5-6-20-9-10)12-4-3-11(13(18)19)14-15-12/h3-4,10H,5-9H2,1-2H3,(H,18,19). The van der Waals surface area contributed by atoms with Gasteiger partial charge in [-0.2, -0.15) is 0 Å². The van der Waals surface area contributed by atoms with E-state index in [9.17, 15) is 4.79 Å². The maximum atomic E-state index is 10.8. The van der Waals surface area contributed by atoms with E-state index in [2.05, 4.69) is 20.0 Å². The maximum absolute atomic E-state index is 10.8. The lowest BCUT2D eigenvalue weighted by Gasteiger charge is -2.25. The van der Waals surface area contributed by atoms with Crippen molar-refractivity contribution in [3.63, 3.8) is 0 Å². The van der Waals surface area contributed by atoms with E-state index in [1.807, 2.05) is 14.1 Å². The number of carbonyl (C=O) groups is 1. The monoisotopic (exact) mass is 280 g/mol. The molecule has 1 saturated heterocycles. The van der Waals surface area contributed by atoms with Crippen LogP contribution in [-0.2, 0) is 4.74 Å². The minimum atomic E-state index is -1.06. The Morgan fingerprint density at radius 1 is 1.50 bits per heavy atom. The molecule has 0 spiro atoms. The summed E-state index contributed by atoms with van der Waals surface area (Å²) in [7, 11) is 4.08. The molecular weight excluding hydrogens is 260 g/mol. The molecule has 1 aliphatic heterocycles. The van der Waals surface area contributed by atoms with Crippen LogP contribution in [-0.4, -0.2) is 73.1 Å². The molecular formula is C13H20N4O3. The van der Waals surface area contributed by atoms with Crippen LogP contribution in [0.1, 0.15) is 10.5 Å². The van der Waals surface area contributed by atoms with E-state index >= 15 is 0 Å². The maximum Gasteiger partial charge on any atom is 0.356 e. The van der Waals surface area contributed by atoms with Gasteiger partial charge in [0, 0.05) is 25.6 Å². The van der Waals surface area contributed by atoms with Crippen molar-refractivity contribution in [3.8, 4) is 0 Å². The summed E-state index contributed by atoms with van der Waals surface area (Å²) in [5.41, 5.74) is -0.0373. The Bertz CT molecular complexity index is 449. The van der Waals surface area contributed by atoms with Gasteiger partial charge < -0.3 is 19.6 Å². The van der Waals surface area contributed by atoms with Gasteiger partial charge in [0.2, 0.25) is 0 Å². The first-order valence-corrected chi connectivity index (χ1v) is 6.60. The van der Waals surface area contributed by atoms with Crippen LogP contribution in [0.3, 0.4) is 0 Å². The Kier molecular flexibility index (Phi) is 4.86. The molecule has 1 fully saturated rings. The van der Waals surface area contributed by atoms with E-state index in [0.29, 0.717) is 18.3 Å². The fourth-order valence-electron chi connectivity index (χ4n) is 2.32. The number of aromatic nitrogens is 2. The number of anilines is 1. The van der Waals surface area contributed by atoms with Crippen molar-refractivity contribution in [1.82, 2.24) is 15.1 Å². The summed E-state index contributed by atoms with van der Waals surface area (Å²) in [5.74, 6) is 0.0337. The van der Waals surface area contributed by atoms with E-state index in [0.717, 1.165) is 26.2 Å². The molecule has 2 rings (SSSR count). The zero-order valence-electron chi connectivity index (χ0n) is 11.8. The summed E-state index contributed by atoms with van der Waals surface area (Å²) in [5, 5.41) is 16.6. The van der Waals surface area contributed by atoms with Crippen LogP contribution in [0.2, 0.25) is 0 Å². The molecule has 110 valence electrons. The van der Waals surface area contributed by atoms with Gasteiger partial charge in [-0.1, -0.05) is 0 Å². The van der Waals surface area contributed by atoms with Gasteiger partial charge in [0.1, 0.15) is 0 Å². The first kappa shape index (κ1) is 14.7. The number of ether oxygens (including phenoxy) is 1. The van der Waals surface area contributed by atoms with Crippen LogP contribution in [0.4, 0.5) is 5.82 Å². The van der Waals surface area contributed by atoms with Gasteiger partial charge >= 0.3 is 5.97 Å². The highest BCUT2D eigenvalue weighted by Gasteiger charge is 2.20. The van der Waals surface area contributed by atoms with Crippen LogP contribution in [0, 0.1) is 5.92 Å². The third kappa shape index (κ3) is 3.88. The molecule has 0 radical (unpaired) electrons.